The highest BCUT2D eigenvalue weighted by Gasteiger charge is 2.43. The molecule has 6 heteroatoms. The molecule has 0 radical (unpaired) electrons. The Labute approximate surface area is 182 Å². The first-order chi connectivity index (χ1) is 15.2. The van der Waals surface area contributed by atoms with Gasteiger partial charge in [-0.2, -0.15) is 0 Å². The lowest BCUT2D eigenvalue weighted by Crippen LogP contribution is -2.42. The van der Waals surface area contributed by atoms with Crippen LogP contribution in [0.5, 0.6) is 0 Å². The van der Waals surface area contributed by atoms with E-state index in [1.165, 1.54) is 11.3 Å². The summed E-state index contributed by atoms with van der Waals surface area (Å²) in [4.78, 5) is 18.7. The third kappa shape index (κ3) is 3.99. The third-order valence-corrected chi connectivity index (χ3v) is 6.40. The van der Waals surface area contributed by atoms with Gasteiger partial charge < -0.3 is 20.9 Å². The van der Waals surface area contributed by atoms with Gasteiger partial charge in [0, 0.05) is 48.0 Å². The minimum absolute atomic E-state index is 0.225. The van der Waals surface area contributed by atoms with Crippen molar-refractivity contribution in [2.45, 2.75) is 24.8 Å². The topological polar surface area (TPSA) is 69.3 Å². The quantitative estimate of drug-likeness (QED) is 0.600. The predicted molar refractivity (Wildman–Crippen MR) is 124 cm³/mol. The number of benzene rings is 2. The third-order valence-electron chi connectivity index (χ3n) is 6.40. The summed E-state index contributed by atoms with van der Waals surface area (Å²) in [6.45, 7) is 3.59. The number of piperidine rings is 1. The van der Waals surface area contributed by atoms with Gasteiger partial charge >= 0.3 is 6.03 Å². The number of hydrogen-bond donors (Lipinski definition) is 3. The molecule has 0 saturated carbocycles. The standard InChI is InChI=1S/C25H27N5O/c31-24(28-17-19-4-3-13-27-16-19)29-20-7-9-21(10-8-20)30-18-25(11-14-26-15-12-25)22-5-1-2-6-23(22)30/h1-10,13,16,26H,11-12,14-15,17-18H2,(H2,28,29,31). The van der Waals surface area contributed by atoms with E-state index in [0.29, 0.717) is 6.54 Å². The van der Waals surface area contributed by atoms with Crippen molar-refractivity contribution in [1.82, 2.24) is 15.6 Å². The molecule has 2 amide bonds. The summed E-state index contributed by atoms with van der Waals surface area (Å²) in [5.74, 6) is 0. The Bertz CT molecular complexity index is 1050. The van der Waals surface area contributed by atoms with E-state index in [1.807, 2.05) is 24.3 Å². The van der Waals surface area contributed by atoms with Crippen molar-refractivity contribution in [2.24, 2.45) is 0 Å². The molecule has 2 aliphatic heterocycles. The smallest absolute Gasteiger partial charge is 0.319 e. The van der Waals surface area contributed by atoms with Crippen molar-refractivity contribution in [1.29, 1.82) is 0 Å². The van der Waals surface area contributed by atoms with Crippen LogP contribution in [0.15, 0.2) is 73.1 Å². The van der Waals surface area contributed by atoms with Crippen molar-refractivity contribution in [3.8, 4) is 0 Å². The normalized spacial score (nSPS) is 16.7. The van der Waals surface area contributed by atoms with Crippen LogP contribution in [0, 0.1) is 0 Å². The molecule has 0 unspecified atom stereocenters. The zero-order valence-corrected chi connectivity index (χ0v) is 17.5. The predicted octanol–water partition coefficient (Wildman–Crippen LogP) is 4.18. The zero-order valence-electron chi connectivity index (χ0n) is 17.5. The molecule has 6 nitrogen and oxygen atoms in total. The van der Waals surface area contributed by atoms with Crippen LogP contribution in [-0.4, -0.2) is 30.6 Å². The summed E-state index contributed by atoms with van der Waals surface area (Å²) in [5.41, 5.74) is 5.89. The Hall–Kier alpha value is -3.38. The molecule has 2 aromatic carbocycles. The summed E-state index contributed by atoms with van der Waals surface area (Å²) in [7, 11) is 0. The number of para-hydroxylation sites is 1. The van der Waals surface area contributed by atoms with Crippen molar-refractivity contribution in [3.05, 3.63) is 84.2 Å². The molecule has 3 N–H and O–H groups in total. The molecule has 2 aliphatic rings. The van der Waals surface area contributed by atoms with Gasteiger partial charge in [0.15, 0.2) is 0 Å². The first-order valence-corrected chi connectivity index (χ1v) is 10.9. The zero-order chi connectivity index (χ0) is 21.1. The molecule has 158 valence electrons. The number of fused-ring (bicyclic) bond motifs is 2. The maximum Gasteiger partial charge on any atom is 0.319 e. The van der Waals surface area contributed by atoms with Crippen molar-refractivity contribution in [3.63, 3.8) is 0 Å². The molecule has 0 aliphatic carbocycles. The number of anilines is 3. The van der Waals surface area contributed by atoms with E-state index >= 15 is 0 Å². The van der Waals surface area contributed by atoms with E-state index in [4.69, 9.17) is 0 Å². The van der Waals surface area contributed by atoms with Crippen molar-refractivity contribution < 1.29 is 4.79 Å². The van der Waals surface area contributed by atoms with Crippen LogP contribution in [-0.2, 0) is 12.0 Å². The first-order valence-electron chi connectivity index (χ1n) is 10.9. The van der Waals surface area contributed by atoms with Crippen LogP contribution < -0.4 is 20.9 Å². The Morgan fingerprint density at radius 3 is 2.61 bits per heavy atom. The minimum Gasteiger partial charge on any atom is -0.340 e. The van der Waals surface area contributed by atoms with E-state index in [2.05, 4.69) is 62.2 Å². The number of urea groups is 1. The Morgan fingerprint density at radius 1 is 1.03 bits per heavy atom. The number of rotatable bonds is 4. The fourth-order valence-electron chi connectivity index (χ4n) is 4.78. The highest BCUT2D eigenvalue weighted by molar-refractivity contribution is 5.89. The Morgan fingerprint density at radius 2 is 1.84 bits per heavy atom. The first kappa shape index (κ1) is 19.6. The van der Waals surface area contributed by atoms with Gasteiger partial charge in [-0.05, 0) is 73.5 Å². The van der Waals surface area contributed by atoms with Gasteiger partial charge in [0.05, 0.1) is 0 Å². The van der Waals surface area contributed by atoms with Gasteiger partial charge in [0.1, 0.15) is 0 Å². The molecule has 3 heterocycles. The van der Waals surface area contributed by atoms with Crippen LogP contribution in [0.1, 0.15) is 24.0 Å². The number of nitrogens with one attached hydrogen (secondary N) is 3. The highest BCUT2D eigenvalue weighted by Crippen LogP contribution is 2.48. The van der Waals surface area contributed by atoms with E-state index < -0.39 is 0 Å². The fraction of sp³-hybridized carbons (Fsp3) is 0.280. The molecule has 1 aromatic heterocycles. The Balaban J connectivity index is 1.27. The number of carbonyl (C=O) groups is 1. The van der Waals surface area contributed by atoms with Gasteiger partial charge in [0.25, 0.3) is 0 Å². The molecule has 5 rings (SSSR count). The van der Waals surface area contributed by atoms with Crippen molar-refractivity contribution in [2.75, 3.05) is 29.9 Å². The molecule has 1 spiro atoms. The number of pyridine rings is 1. The average Bonchev–Trinajstić information content (AvgIpc) is 3.13. The molecule has 31 heavy (non-hydrogen) atoms. The van der Waals surface area contributed by atoms with E-state index in [9.17, 15) is 4.79 Å². The summed E-state index contributed by atoms with van der Waals surface area (Å²) >= 11 is 0. The lowest BCUT2D eigenvalue weighted by Gasteiger charge is -2.35. The van der Waals surface area contributed by atoms with Crippen LogP contribution in [0.4, 0.5) is 21.9 Å². The lowest BCUT2D eigenvalue weighted by molar-refractivity contribution is 0.251. The Kier molecular flexibility index (Phi) is 5.30. The van der Waals surface area contributed by atoms with E-state index in [1.54, 1.807) is 12.4 Å². The summed E-state index contributed by atoms with van der Waals surface area (Å²) < 4.78 is 0. The van der Waals surface area contributed by atoms with Crippen LogP contribution in [0.3, 0.4) is 0 Å². The second kappa shape index (κ2) is 8.40. The largest absolute Gasteiger partial charge is 0.340 e. The molecule has 0 bridgehead atoms. The van der Waals surface area contributed by atoms with Gasteiger partial charge in [-0.1, -0.05) is 24.3 Å². The van der Waals surface area contributed by atoms with E-state index in [0.717, 1.165) is 49.4 Å². The fourth-order valence-corrected chi connectivity index (χ4v) is 4.78. The molecule has 3 aromatic rings. The molecular formula is C25H27N5O. The number of carbonyl (C=O) groups excluding carboxylic acids is 1. The summed E-state index contributed by atoms with van der Waals surface area (Å²) in [5, 5.41) is 9.27. The van der Waals surface area contributed by atoms with Crippen molar-refractivity contribution >= 4 is 23.1 Å². The second-order valence-corrected chi connectivity index (χ2v) is 8.35. The van der Waals surface area contributed by atoms with Gasteiger partial charge in [0.2, 0.25) is 0 Å². The van der Waals surface area contributed by atoms with Gasteiger partial charge in [-0.25, -0.2) is 4.79 Å². The summed E-state index contributed by atoms with van der Waals surface area (Å²) in [6.07, 6.45) is 5.80. The maximum atomic E-state index is 12.2. The number of hydrogen-bond acceptors (Lipinski definition) is 4. The molecule has 1 fully saturated rings. The number of amides is 2. The molecular weight excluding hydrogens is 386 g/mol. The minimum atomic E-state index is -0.225. The second-order valence-electron chi connectivity index (χ2n) is 8.35. The maximum absolute atomic E-state index is 12.2. The van der Waals surface area contributed by atoms with Gasteiger partial charge in [-0.15, -0.1) is 0 Å². The highest BCUT2D eigenvalue weighted by atomic mass is 16.2. The summed E-state index contributed by atoms with van der Waals surface area (Å²) in [6, 6.07) is 20.5. The average molecular weight is 414 g/mol. The lowest BCUT2D eigenvalue weighted by atomic mass is 9.75. The van der Waals surface area contributed by atoms with E-state index in [-0.39, 0.29) is 11.4 Å². The number of nitrogens with zero attached hydrogens (tertiary/aromatic N) is 2. The van der Waals surface area contributed by atoms with Crippen LogP contribution in [0.2, 0.25) is 0 Å². The number of aromatic nitrogens is 1. The van der Waals surface area contributed by atoms with Gasteiger partial charge in [-0.3, -0.25) is 4.98 Å². The molecule has 0 atom stereocenters. The van der Waals surface area contributed by atoms with Crippen LogP contribution >= 0.6 is 0 Å². The monoisotopic (exact) mass is 413 g/mol. The SMILES string of the molecule is O=C(NCc1cccnc1)Nc1ccc(N2CC3(CCNCC3)c3ccccc32)cc1. The van der Waals surface area contributed by atoms with Crippen LogP contribution in [0.25, 0.3) is 0 Å². The molecule has 1 saturated heterocycles.